The van der Waals surface area contributed by atoms with Crippen LogP contribution in [0.1, 0.15) is 0 Å². The van der Waals surface area contributed by atoms with Crippen LogP contribution in [-0.2, 0) is 9.59 Å². The molecule has 0 radical (unpaired) electrons. The van der Waals surface area contributed by atoms with Crippen molar-refractivity contribution in [2.75, 3.05) is 44.6 Å². The van der Waals surface area contributed by atoms with Crippen molar-refractivity contribution in [1.29, 1.82) is 0 Å². The third kappa shape index (κ3) is 4.51. The molecular formula is C21H22F2N3O4+. The van der Waals surface area contributed by atoms with Crippen molar-refractivity contribution in [3.05, 3.63) is 54.1 Å². The number of quaternary nitrogens is 1. The first kappa shape index (κ1) is 20.1. The van der Waals surface area contributed by atoms with Gasteiger partial charge in [-0.3, -0.25) is 9.59 Å². The van der Waals surface area contributed by atoms with E-state index in [0.717, 1.165) is 17.0 Å². The van der Waals surface area contributed by atoms with Gasteiger partial charge in [-0.1, -0.05) is 12.1 Å². The van der Waals surface area contributed by atoms with E-state index in [-0.39, 0.29) is 30.7 Å². The SMILES string of the molecule is O=C(C[NH+]1CCN(C(=O)[C@@H]2COc3ccccc3O2)CC1)Nc1ccc(F)cc1F. The lowest BCUT2D eigenvalue weighted by Crippen LogP contribution is -3.15. The number of nitrogens with zero attached hydrogens (tertiary/aromatic N) is 1. The summed E-state index contributed by atoms with van der Waals surface area (Å²) in [5.74, 6) is -0.842. The molecule has 0 bridgehead atoms. The molecule has 7 nitrogen and oxygen atoms in total. The Hall–Kier alpha value is -3.20. The van der Waals surface area contributed by atoms with Gasteiger partial charge < -0.3 is 24.6 Å². The molecule has 2 amide bonds. The van der Waals surface area contributed by atoms with Crippen LogP contribution < -0.4 is 19.7 Å². The zero-order valence-electron chi connectivity index (χ0n) is 16.2. The van der Waals surface area contributed by atoms with Gasteiger partial charge in [-0.05, 0) is 24.3 Å². The van der Waals surface area contributed by atoms with E-state index < -0.39 is 17.7 Å². The second-order valence-electron chi connectivity index (χ2n) is 7.29. The predicted octanol–water partition coefficient (Wildman–Crippen LogP) is 0.470. The smallest absolute Gasteiger partial charge is 0.279 e. The van der Waals surface area contributed by atoms with Crippen LogP contribution in [0.25, 0.3) is 0 Å². The molecule has 0 aliphatic carbocycles. The lowest BCUT2D eigenvalue weighted by atomic mass is 10.2. The van der Waals surface area contributed by atoms with Crippen LogP contribution in [0, 0.1) is 11.6 Å². The van der Waals surface area contributed by atoms with Gasteiger partial charge in [0.25, 0.3) is 11.8 Å². The molecule has 0 spiro atoms. The molecule has 9 heteroatoms. The summed E-state index contributed by atoms with van der Waals surface area (Å²) in [4.78, 5) is 27.6. The molecule has 4 rings (SSSR count). The number of fused-ring (bicyclic) bond motifs is 1. The number of carbonyl (C=O) groups is 2. The molecule has 30 heavy (non-hydrogen) atoms. The van der Waals surface area contributed by atoms with Gasteiger partial charge in [0.15, 0.2) is 18.0 Å². The van der Waals surface area contributed by atoms with Crippen LogP contribution in [0.3, 0.4) is 0 Å². The Morgan fingerprint density at radius 3 is 2.57 bits per heavy atom. The van der Waals surface area contributed by atoms with Crippen LogP contribution in [0.15, 0.2) is 42.5 Å². The minimum atomic E-state index is -0.815. The maximum atomic E-state index is 13.7. The molecule has 0 saturated carbocycles. The fourth-order valence-electron chi connectivity index (χ4n) is 3.58. The van der Waals surface area contributed by atoms with Gasteiger partial charge in [-0.2, -0.15) is 0 Å². The highest BCUT2D eigenvalue weighted by molar-refractivity contribution is 5.91. The minimum Gasteiger partial charge on any atom is -0.485 e. The Labute approximate surface area is 172 Å². The molecule has 2 aliphatic rings. The second kappa shape index (κ2) is 8.66. The van der Waals surface area contributed by atoms with E-state index in [9.17, 15) is 18.4 Å². The number of amides is 2. The minimum absolute atomic E-state index is 0.0515. The Bertz CT molecular complexity index is 948. The van der Waals surface area contributed by atoms with Crippen molar-refractivity contribution in [1.82, 2.24) is 4.90 Å². The number of hydrogen-bond donors (Lipinski definition) is 2. The van der Waals surface area contributed by atoms with E-state index in [2.05, 4.69) is 5.32 Å². The monoisotopic (exact) mass is 418 g/mol. The topological polar surface area (TPSA) is 72.3 Å². The standard InChI is InChI=1S/C21H21F2N3O4/c22-14-5-6-16(15(23)11-14)24-20(27)12-25-7-9-26(10-8-25)21(28)19-13-29-17-3-1-2-4-18(17)30-19/h1-6,11,19H,7-10,12-13H2,(H,24,27)/p+1/t19-/m0/s1. The van der Waals surface area contributed by atoms with Crippen molar-refractivity contribution in [2.45, 2.75) is 6.10 Å². The van der Waals surface area contributed by atoms with Gasteiger partial charge in [-0.25, -0.2) is 8.78 Å². The molecule has 2 N–H and O–H groups in total. The summed E-state index contributed by atoms with van der Waals surface area (Å²) < 4.78 is 38.0. The third-order valence-electron chi connectivity index (χ3n) is 5.18. The van der Waals surface area contributed by atoms with Crippen LogP contribution in [0.2, 0.25) is 0 Å². The summed E-state index contributed by atoms with van der Waals surface area (Å²) in [5.41, 5.74) is -0.0515. The summed E-state index contributed by atoms with van der Waals surface area (Å²) in [7, 11) is 0. The molecule has 1 fully saturated rings. The molecule has 2 aliphatic heterocycles. The van der Waals surface area contributed by atoms with Crippen LogP contribution in [0.4, 0.5) is 14.5 Å². The number of nitrogens with one attached hydrogen (secondary N) is 2. The normalized spacial score (nSPS) is 18.7. The van der Waals surface area contributed by atoms with E-state index in [4.69, 9.17) is 9.47 Å². The van der Waals surface area contributed by atoms with E-state index in [1.165, 1.54) is 6.07 Å². The van der Waals surface area contributed by atoms with Crippen molar-refractivity contribution in [3.63, 3.8) is 0 Å². The fraction of sp³-hybridized carbons (Fsp3) is 0.333. The van der Waals surface area contributed by atoms with Gasteiger partial charge in [0.05, 0.1) is 31.9 Å². The van der Waals surface area contributed by atoms with Gasteiger partial charge in [-0.15, -0.1) is 0 Å². The largest absolute Gasteiger partial charge is 0.485 e. The molecule has 0 aromatic heterocycles. The number of halogens is 2. The predicted molar refractivity (Wildman–Crippen MR) is 103 cm³/mol. The maximum absolute atomic E-state index is 13.7. The zero-order chi connectivity index (χ0) is 21.1. The van der Waals surface area contributed by atoms with Crippen molar-refractivity contribution in [3.8, 4) is 11.5 Å². The number of piperazine rings is 1. The van der Waals surface area contributed by atoms with E-state index in [1.54, 1.807) is 17.0 Å². The van der Waals surface area contributed by atoms with E-state index in [0.29, 0.717) is 37.7 Å². The third-order valence-corrected chi connectivity index (χ3v) is 5.18. The molecule has 2 heterocycles. The number of para-hydroxylation sites is 2. The second-order valence-corrected chi connectivity index (χ2v) is 7.29. The highest BCUT2D eigenvalue weighted by Gasteiger charge is 2.34. The van der Waals surface area contributed by atoms with E-state index >= 15 is 0 Å². The van der Waals surface area contributed by atoms with Crippen LogP contribution in [0.5, 0.6) is 11.5 Å². The summed E-state index contributed by atoms with van der Waals surface area (Å²) in [6.07, 6.45) is -0.689. The van der Waals surface area contributed by atoms with Crippen LogP contribution >= 0.6 is 0 Å². The van der Waals surface area contributed by atoms with Crippen molar-refractivity contribution >= 4 is 17.5 Å². The molecule has 0 unspecified atom stereocenters. The molecule has 2 aromatic rings. The zero-order valence-corrected chi connectivity index (χ0v) is 16.2. The summed E-state index contributed by atoms with van der Waals surface area (Å²) in [6, 6.07) is 10.2. The average Bonchev–Trinajstić information content (AvgIpc) is 2.75. The summed E-state index contributed by atoms with van der Waals surface area (Å²) >= 11 is 0. The molecule has 2 aromatic carbocycles. The van der Waals surface area contributed by atoms with Gasteiger partial charge in [0, 0.05) is 6.07 Å². The number of anilines is 1. The number of rotatable bonds is 4. The van der Waals surface area contributed by atoms with E-state index in [1.807, 2.05) is 12.1 Å². The van der Waals surface area contributed by atoms with Crippen LogP contribution in [-0.4, -0.2) is 62.1 Å². The first-order chi connectivity index (χ1) is 14.5. The average molecular weight is 418 g/mol. The summed E-state index contributed by atoms with van der Waals surface area (Å²) in [6.45, 7) is 2.41. The summed E-state index contributed by atoms with van der Waals surface area (Å²) in [5, 5.41) is 2.46. The molecule has 1 saturated heterocycles. The molecule has 1 atom stereocenters. The van der Waals surface area contributed by atoms with Crippen molar-refractivity contribution in [2.24, 2.45) is 0 Å². The Morgan fingerprint density at radius 2 is 1.83 bits per heavy atom. The number of hydrogen-bond acceptors (Lipinski definition) is 4. The number of carbonyl (C=O) groups excluding carboxylic acids is 2. The van der Waals surface area contributed by atoms with Crippen molar-refractivity contribution < 1.29 is 32.7 Å². The molecule has 158 valence electrons. The Morgan fingerprint density at radius 1 is 1.10 bits per heavy atom. The number of benzene rings is 2. The fourth-order valence-corrected chi connectivity index (χ4v) is 3.58. The van der Waals surface area contributed by atoms with Gasteiger partial charge in [0.2, 0.25) is 6.10 Å². The lowest BCUT2D eigenvalue weighted by Gasteiger charge is -2.35. The maximum Gasteiger partial charge on any atom is 0.279 e. The highest BCUT2D eigenvalue weighted by atomic mass is 19.1. The van der Waals surface area contributed by atoms with Gasteiger partial charge >= 0.3 is 0 Å². The quantitative estimate of drug-likeness (QED) is 0.758. The highest BCUT2D eigenvalue weighted by Crippen LogP contribution is 2.31. The number of ether oxygens (including phenoxy) is 2. The lowest BCUT2D eigenvalue weighted by molar-refractivity contribution is -0.895. The van der Waals surface area contributed by atoms with Gasteiger partial charge in [0.1, 0.15) is 18.2 Å². The first-order valence-electron chi connectivity index (χ1n) is 9.75. The Kier molecular flexibility index (Phi) is 5.80. The molecular weight excluding hydrogens is 396 g/mol. The Balaban J connectivity index is 1.25. The first-order valence-corrected chi connectivity index (χ1v) is 9.75.